The Morgan fingerprint density at radius 3 is 3.13 bits per heavy atom. The van der Waals surface area contributed by atoms with E-state index in [4.69, 9.17) is 16.0 Å². The Balaban J connectivity index is 1.58. The Hall–Kier alpha value is -2.79. The number of aromatic nitrogens is 3. The van der Waals surface area contributed by atoms with E-state index in [0.717, 1.165) is 33.6 Å². The Morgan fingerprint density at radius 2 is 2.17 bits per heavy atom. The van der Waals surface area contributed by atoms with Gasteiger partial charge in [-0.05, 0) is 24.3 Å². The molecule has 2 N–H and O–H groups in total. The molecule has 0 fully saturated rings. The number of hydrogen-bond donors (Lipinski definition) is 2. The number of hydrogen-bond acceptors (Lipinski definition) is 4. The summed E-state index contributed by atoms with van der Waals surface area (Å²) >= 11 is 6.02. The average molecular weight is 325 g/mol. The van der Waals surface area contributed by atoms with Gasteiger partial charge < -0.3 is 9.73 Å². The van der Waals surface area contributed by atoms with Gasteiger partial charge >= 0.3 is 0 Å². The number of halogens is 1. The molecule has 0 amide bonds. The monoisotopic (exact) mass is 324 g/mol. The van der Waals surface area contributed by atoms with Crippen molar-refractivity contribution in [2.75, 3.05) is 5.32 Å². The molecule has 6 heteroatoms. The summed E-state index contributed by atoms with van der Waals surface area (Å²) in [4.78, 5) is 4.27. The molecule has 0 spiro atoms. The normalized spacial score (nSPS) is 14.5. The second-order valence-electron chi connectivity index (χ2n) is 5.17. The molecule has 0 atom stereocenters. The first-order valence-electron chi connectivity index (χ1n) is 7.17. The van der Waals surface area contributed by atoms with Crippen LogP contribution in [-0.2, 0) is 0 Å². The fourth-order valence-corrected chi connectivity index (χ4v) is 2.52. The minimum atomic E-state index is 0.437. The molecule has 114 valence electrons. The van der Waals surface area contributed by atoms with Gasteiger partial charge in [-0.2, -0.15) is 5.10 Å². The number of benzene rings is 1. The lowest BCUT2D eigenvalue weighted by atomic mass is 10.2. The van der Waals surface area contributed by atoms with Crippen molar-refractivity contribution in [1.82, 2.24) is 15.2 Å². The van der Waals surface area contributed by atoms with Gasteiger partial charge in [-0.15, -0.1) is 0 Å². The minimum Gasteiger partial charge on any atom is -0.423 e. The van der Waals surface area contributed by atoms with Gasteiger partial charge in [0.2, 0.25) is 0 Å². The topological polar surface area (TPSA) is 66.7 Å². The maximum absolute atomic E-state index is 6.02. The fraction of sp³-hybridized carbons (Fsp3) is 0.0588. The van der Waals surface area contributed by atoms with Crippen LogP contribution in [0.5, 0.6) is 0 Å². The third-order valence-electron chi connectivity index (χ3n) is 3.54. The van der Waals surface area contributed by atoms with E-state index in [2.05, 4.69) is 20.5 Å². The van der Waals surface area contributed by atoms with Crippen molar-refractivity contribution in [3.05, 3.63) is 65.7 Å². The van der Waals surface area contributed by atoms with Gasteiger partial charge in [0.1, 0.15) is 0 Å². The number of nitrogens with zero attached hydrogens (tertiary/aromatic N) is 2. The van der Waals surface area contributed by atoms with Crippen LogP contribution in [0, 0.1) is 0 Å². The van der Waals surface area contributed by atoms with E-state index in [-0.39, 0.29) is 0 Å². The summed E-state index contributed by atoms with van der Waals surface area (Å²) in [5.74, 6) is 0.689. The zero-order chi connectivity index (χ0) is 15.6. The number of rotatable bonds is 3. The highest BCUT2D eigenvalue weighted by Crippen LogP contribution is 2.26. The second-order valence-corrected chi connectivity index (χ2v) is 5.65. The van der Waals surface area contributed by atoms with E-state index in [9.17, 15) is 0 Å². The molecule has 1 aliphatic carbocycles. The molecular weight excluding hydrogens is 312 g/mol. The van der Waals surface area contributed by atoms with E-state index < -0.39 is 0 Å². The van der Waals surface area contributed by atoms with Gasteiger partial charge in [0.15, 0.2) is 5.76 Å². The number of anilines is 2. The van der Waals surface area contributed by atoms with Crippen molar-refractivity contribution in [3.8, 4) is 0 Å². The quantitative estimate of drug-likeness (QED) is 0.729. The van der Waals surface area contributed by atoms with Crippen LogP contribution >= 0.6 is 11.6 Å². The molecule has 1 aliphatic rings. The Kier molecular flexibility index (Phi) is 3.48. The first-order chi connectivity index (χ1) is 11.3. The van der Waals surface area contributed by atoms with Crippen molar-refractivity contribution in [2.45, 2.75) is 6.42 Å². The predicted octanol–water partition coefficient (Wildman–Crippen LogP) is 4.76. The molecule has 23 heavy (non-hydrogen) atoms. The Bertz CT molecular complexity index is 948. The lowest BCUT2D eigenvalue weighted by molar-refractivity contribution is 0.565. The van der Waals surface area contributed by atoms with Crippen LogP contribution in [0.1, 0.15) is 12.2 Å². The lowest BCUT2D eigenvalue weighted by Crippen LogP contribution is -1.89. The van der Waals surface area contributed by atoms with E-state index in [1.807, 2.05) is 42.5 Å². The summed E-state index contributed by atoms with van der Waals surface area (Å²) in [6, 6.07) is 6.33. The molecule has 5 nitrogen and oxygen atoms in total. The fourth-order valence-electron chi connectivity index (χ4n) is 2.37. The number of oxazole rings is 1. The van der Waals surface area contributed by atoms with Gasteiger partial charge in [-0.3, -0.25) is 5.10 Å². The van der Waals surface area contributed by atoms with Gasteiger partial charge in [0.25, 0.3) is 6.01 Å². The summed E-state index contributed by atoms with van der Waals surface area (Å²) in [5.41, 5.74) is 2.77. The zero-order valence-electron chi connectivity index (χ0n) is 12.1. The molecule has 0 radical (unpaired) electrons. The van der Waals surface area contributed by atoms with Crippen molar-refractivity contribution >= 4 is 39.8 Å². The maximum atomic E-state index is 6.02. The first kappa shape index (κ1) is 13.8. The van der Waals surface area contributed by atoms with Crippen LogP contribution in [0.2, 0.25) is 0 Å². The van der Waals surface area contributed by atoms with Gasteiger partial charge in [0.05, 0.1) is 17.9 Å². The van der Waals surface area contributed by atoms with Gasteiger partial charge in [-0.25, -0.2) is 4.98 Å². The second kappa shape index (κ2) is 5.78. The molecule has 4 rings (SSSR count). The third-order valence-corrected chi connectivity index (χ3v) is 3.82. The number of fused-ring (bicyclic) bond motifs is 1. The molecule has 0 aliphatic heterocycles. The van der Waals surface area contributed by atoms with Crippen molar-refractivity contribution < 1.29 is 4.42 Å². The molecular formula is C17H13ClN4O. The summed E-state index contributed by atoms with van der Waals surface area (Å²) in [7, 11) is 0. The largest absolute Gasteiger partial charge is 0.423 e. The average Bonchev–Trinajstić information content (AvgIpc) is 3.14. The molecule has 2 heterocycles. The standard InChI is InChI=1S/C17H13ClN4O/c18-13-3-1-2-11(4-6-13)16-10-19-17(23-16)21-14-7-5-12-9-20-22-15(12)8-14/h1-2,4-10H,3H2,(H,19,21)(H,20,22). The van der Waals surface area contributed by atoms with Crippen LogP contribution in [0.15, 0.2) is 64.3 Å². The van der Waals surface area contributed by atoms with Crippen LogP contribution < -0.4 is 5.32 Å². The SMILES string of the molecule is ClC1=CC=C(c2cnc(Nc3ccc4cn[nH]c4c3)o2)C=CC1. The molecule has 3 aromatic rings. The highest BCUT2D eigenvalue weighted by Gasteiger charge is 2.09. The molecule has 0 bridgehead atoms. The van der Waals surface area contributed by atoms with E-state index in [0.29, 0.717) is 11.8 Å². The van der Waals surface area contributed by atoms with Crippen molar-refractivity contribution in [1.29, 1.82) is 0 Å². The van der Waals surface area contributed by atoms with Crippen LogP contribution in [0.25, 0.3) is 16.5 Å². The molecule has 0 saturated heterocycles. The van der Waals surface area contributed by atoms with Gasteiger partial charge in [0, 0.05) is 28.1 Å². The number of aromatic amines is 1. The molecule has 1 aromatic carbocycles. The van der Waals surface area contributed by atoms with Gasteiger partial charge in [-0.1, -0.05) is 29.8 Å². The summed E-state index contributed by atoms with van der Waals surface area (Å²) in [6.07, 6.45) is 12.0. The van der Waals surface area contributed by atoms with E-state index in [1.54, 1.807) is 12.4 Å². The molecule has 0 saturated carbocycles. The summed E-state index contributed by atoms with van der Waals surface area (Å²) in [5, 5.41) is 11.9. The maximum Gasteiger partial charge on any atom is 0.299 e. The smallest absolute Gasteiger partial charge is 0.299 e. The number of nitrogens with one attached hydrogen (secondary N) is 2. The summed E-state index contributed by atoms with van der Waals surface area (Å²) in [6.45, 7) is 0. The first-order valence-corrected chi connectivity index (χ1v) is 7.55. The zero-order valence-corrected chi connectivity index (χ0v) is 12.8. The van der Waals surface area contributed by atoms with Crippen LogP contribution in [-0.4, -0.2) is 15.2 Å². The van der Waals surface area contributed by atoms with Crippen LogP contribution in [0.4, 0.5) is 11.7 Å². The van der Waals surface area contributed by atoms with E-state index in [1.165, 1.54) is 0 Å². The predicted molar refractivity (Wildman–Crippen MR) is 91.5 cm³/mol. The summed E-state index contributed by atoms with van der Waals surface area (Å²) < 4.78 is 5.77. The molecule has 2 aromatic heterocycles. The van der Waals surface area contributed by atoms with Crippen molar-refractivity contribution in [2.24, 2.45) is 0 Å². The van der Waals surface area contributed by atoms with E-state index >= 15 is 0 Å². The Morgan fingerprint density at radius 1 is 1.22 bits per heavy atom. The Labute approximate surface area is 137 Å². The third kappa shape index (κ3) is 2.91. The highest BCUT2D eigenvalue weighted by molar-refractivity contribution is 6.29. The minimum absolute atomic E-state index is 0.437. The number of allylic oxidation sites excluding steroid dienone is 6. The molecule has 0 unspecified atom stereocenters. The van der Waals surface area contributed by atoms with Crippen molar-refractivity contribution in [3.63, 3.8) is 0 Å². The van der Waals surface area contributed by atoms with Crippen LogP contribution in [0.3, 0.4) is 0 Å². The lowest BCUT2D eigenvalue weighted by Gasteiger charge is -2.01. The number of H-pyrrole nitrogens is 1. The highest BCUT2D eigenvalue weighted by atomic mass is 35.5.